The Labute approximate surface area is 113 Å². The number of hydrogen-bond acceptors (Lipinski definition) is 2. The molecule has 1 fully saturated rings. The number of hydrogen-bond donors (Lipinski definition) is 1. The Morgan fingerprint density at radius 3 is 2.33 bits per heavy atom. The molecule has 2 atom stereocenters. The summed E-state index contributed by atoms with van der Waals surface area (Å²) >= 11 is 4.88. The van der Waals surface area contributed by atoms with Gasteiger partial charge >= 0.3 is 0 Å². The molecule has 3 nitrogen and oxygen atoms in total. The third-order valence-electron chi connectivity index (χ3n) is 3.55. The third kappa shape index (κ3) is 2.88. The summed E-state index contributed by atoms with van der Waals surface area (Å²) in [6.45, 7) is 3.07. The van der Waals surface area contributed by atoms with E-state index in [0.717, 1.165) is 18.0 Å². The Morgan fingerprint density at radius 1 is 1.39 bits per heavy atom. The van der Waals surface area contributed by atoms with Crippen molar-refractivity contribution in [3.63, 3.8) is 0 Å². The van der Waals surface area contributed by atoms with Gasteiger partial charge in [0.2, 0.25) is 0 Å². The molecule has 1 aliphatic rings. The number of thiocarbonyl (C=S) groups is 1. The first kappa shape index (κ1) is 13.0. The molecule has 0 aliphatic heterocycles. The summed E-state index contributed by atoms with van der Waals surface area (Å²) < 4.78 is 0. The normalized spacial score (nSPS) is 21.4. The van der Waals surface area contributed by atoms with Crippen LogP contribution in [-0.4, -0.2) is 29.4 Å². The molecule has 0 heterocycles. The maximum absolute atomic E-state index is 12.2. The van der Waals surface area contributed by atoms with Crippen molar-refractivity contribution in [1.29, 1.82) is 0 Å². The fourth-order valence-electron chi connectivity index (χ4n) is 2.09. The summed E-state index contributed by atoms with van der Waals surface area (Å²) in [7, 11) is 1.86. The van der Waals surface area contributed by atoms with Gasteiger partial charge in [-0.3, -0.25) is 4.79 Å². The number of nitrogens with zero attached hydrogens (tertiary/aromatic N) is 1. The molecule has 0 spiro atoms. The summed E-state index contributed by atoms with van der Waals surface area (Å²) in [5, 5.41) is 0. The number of carbonyl (C=O) groups excluding carboxylic acids is 1. The first-order valence-corrected chi connectivity index (χ1v) is 6.55. The molecule has 0 radical (unpaired) electrons. The highest BCUT2D eigenvalue weighted by Gasteiger charge is 2.34. The second kappa shape index (κ2) is 5.06. The van der Waals surface area contributed by atoms with Crippen LogP contribution in [0.15, 0.2) is 24.3 Å². The molecule has 0 bridgehead atoms. The fraction of sp³-hybridized carbons (Fsp3) is 0.429. The maximum Gasteiger partial charge on any atom is 0.253 e. The van der Waals surface area contributed by atoms with Crippen LogP contribution in [0.1, 0.15) is 29.3 Å². The lowest BCUT2D eigenvalue weighted by atomic mass is 10.1. The number of amides is 1. The minimum Gasteiger partial charge on any atom is -0.389 e. The Morgan fingerprint density at radius 2 is 1.89 bits per heavy atom. The van der Waals surface area contributed by atoms with Gasteiger partial charge in [-0.1, -0.05) is 31.3 Å². The molecule has 1 amide bonds. The van der Waals surface area contributed by atoms with Crippen molar-refractivity contribution in [3.8, 4) is 0 Å². The molecule has 0 saturated heterocycles. The van der Waals surface area contributed by atoms with Crippen molar-refractivity contribution >= 4 is 23.1 Å². The lowest BCUT2D eigenvalue weighted by Crippen LogP contribution is -2.29. The minimum atomic E-state index is 0.0589. The summed E-state index contributed by atoms with van der Waals surface area (Å²) in [6, 6.07) is 7.15. The van der Waals surface area contributed by atoms with E-state index in [0.29, 0.717) is 16.5 Å². The van der Waals surface area contributed by atoms with Gasteiger partial charge in [0.25, 0.3) is 5.91 Å². The van der Waals surface area contributed by atoms with E-state index in [-0.39, 0.29) is 5.91 Å². The van der Waals surface area contributed by atoms with Gasteiger partial charge in [0.15, 0.2) is 0 Å². The Hall–Kier alpha value is -1.42. The Kier molecular flexibility index (Phi) is 3.66. The first-order chi connectivity index (χ1) is 8.49. The molecule has 2 N–H and O–H groups in total. The summed E-state index contributed by atoms with van der Waals surface area (Å²) in [4.78, 5) is 14.3. The predicted octanol–water partition coefficient (Wildman–Crippen LogP) is 2.05. The second-order valence-corrected chi connectivity index (χ2v) is 5.54. The molecule has 2 unspecified atom stereocenters. The first-order valence-electron chi connectivity index (χ1n) is 6.14. The van der Waals surface area contributed by atoms with Gasteiger partial charge in [0, 0.05) is 24.7 Å². The van der Waals surface area contributed by atoms with Gasteiger partial charge in [-0.25, -0.2) is 0 Å². The van der Waals surface area contributed by atoms with E-state index in [1.807, 2.05) is 7.05 Å². The molecule has 1 aromatic carbocycles. The minimum absolute atomic E-state index is 0.0589. The van der Waals surface area contributed by atoms with Crippen LogP contribution in [0.5, 0.6) is 0 Å². The molecule has 1 aliphatic carbocycles. The molecule has 2 rings (SSSR count). The molecule has 96 valence electrons. The predicted molar refractivity (Wildman–Crippen MR) is 76.6 cm³/mol. The molecule has 18 heavy (non-hydrogen) atoms. The molecule has 1 saturated carbocycles. The zero-order chi connectivity index (χ0) is 13.3. The SMILES string of the molecule is CC1CC1CN(C)C(=O)c1ccc(C(N)=S)cc1. The molecule has 4 heteroatoms. The lowest BCUT2D eigenvalue weighted by molar-refractivity contribution is 0.0787. The van der Waals surface area contributed by atoms with Crippen molar-refractivity contribution in [2.24, 2.45) is 17.6 Å². The topological polar surface area (TPSA) is 46.3 Å². The zero-order valence-corrected chi connectivity index (χ0v) is 11.5. The third-order valence-corrected chi connectivity index (χ3v) is 3.78. The highest BCUT2D eigenvalue weighted by molar-refractivity contribution is 7.80. The lowest BCUT2D eigenvalue weighted by Gasteiger charge is -2.17. The van der Waals surface area contributed by atoms with E-state index in [1.165, 1.54) is 6.42 Å². The van der Waals surface area contributed by atoms with E-state index in [9.17, 15) is 4.79 Å². The van der Waals surface area contributed by atoms with Crippen LogP contribution >= 0.6 is 12.2 Å². The average molecular weight is 262 g/mol. The van der Waals surface area contributed by atoms with Crippen molar-refractivity contribution in [2.45, 2.75) is 13.3 Å². The van der Waals surface area contributed by atoms with E-state index in [1.54, 1.807) is 29.2 Å². The van der Waals surface area contributed by atoms with Gasteiger partial charge in [0.05, 0.1) is 0 Å². The monoisotopic (exact) mass is 262 g/mol. The molecular formula is C14H18N2OS. The van der Waals surface area contributed by atoms with Crippen molar-refractivity contribution in [1.82, 2.24) is 4.90 Å². The van der Waals surface area contributed by atoms with Crippen molar-refractivity contribution in [3.05, 3.63) is 35.4 Å². The van der Waals surface area contributed by atoms with E-state index < -0.39 is 0 Å². The zero-order valence-electron chi connectivity index (χ0n) is 10.7. The number of nitrogens with two attached hydrogens (primary N) is 1. The molecule has 1 aromatic rings. The van der Waals surface area contributed by atoms with E-state index >= 15 is 0 Å². The van der Waals surface area contributed by atoms with Crippen LogP contribution in [0.3, 0.4) is 0 Å². The number of benzene rings is 1. The van der Waals surface area contributed by atoms with E-state index in [2.05, 4.69) is 6.92 Å². The largest absolute Gasteiger partial charge is 0.389 e. The standard InChI is InChI=1S/C14H18N2OS/c1-9-7-12(9)8-16(2)14(17)11-5-3-10(4-6-11)13(15)18/h3-6,9,12H,7-8H2,1-2H3,(H2,15,18). The molecular weight excluding hydrogens is 244 g/mol. The van der Waals surface area contributed by atoms with Crippen LogP contribution in [0.25, 0.3) is 0 Å². The summed E-state index contributed by atoms with van der Waals surface area (Å²) in [5.74, 6) is 1.50. The van der Waals surface area contributed by atoms with E-state index in [4.69, 9.17) is 18.0 Å². The van der Waals surface area contributed by atoms with Crippen molar-refractivity contribution in [2.75, 3.05) is 13.6 Å². The van der Waals surface area contributed by atoms with Crippen LogP contribution in [0.4, 0.5) is 0 Å². The van der Waals surface area contributed by atoms with Gasteiger partial charge < -0.3 is 10.6 Å². The quantitative estimate of drug-likeness (QED) is 0.845. The number of carbonyl (C=O) groups is 1. The molecule has 0 aromatic heterocycles. The number of rotatable bonds is 4. The average Bonchev–Trinajstić information content (AvgIpc) is 3.04. The van der Waals surface area contributed by atoms with Crippen LogP contribution in [-0.2, 0) is 0 Å². The van der Waals surface area contributed by atoms with Gasteiger partial charge in [-0.15, -0.1) is 0 Å². The fourth-order valence-corrected chi connectivity index (χ4v) is 2.22. The highest BCUT2D eigenvalue weighted by Crippen LogP contribution is 2.38. The highest BCUT2D eigenvalue weighted by atomic mass is 32.1. The smallest absolute Gasteiger partial charge is 0.253 e. The van der Waals surface area contributed by atoms with Gasteiger partial charge in [0.1, 0.15) is 4.99 Å². The maximum atomic E-state index is 12.2. The van der Waals surface area contributed by atoms with Gasteiger partial charge in [-0.05, 0) is 30.4 Å². The van der Waals surface area contributed by atoms with Crippen LogP contribution < -0.4 is 5.73 Å². The second-order valence-electron chi connectivity index (χ2n) is 5.10. The Bertz CT molecular complexity index is 469. The summed E-state index contributed by atoms with van der Waals surface area (Å²) in [6.07, 6.45) is 1.23. The van der Waals surface area contributed by atoms with Gasteiger partial charge in [-0.2, -0.15) is 0 Å². The Balaban J connectivity index is 2.01. The summed E-state index contributed by atoms with van der Waals surface area (Å²) in [5.41, 5.74) is 7.00. The van der Waals surface area contributed by atoms with Crippen LogP contribution in [0, 0.1) is 11.8 Å². The van der Waals surface area contributed by atoms with Crippen molar-refractivity contribution < 1.29 is 4.79 Å². The van der Waals surface area contributed by atoms with Crippen LogP contribution in [0.2, 0.25) is 0 Å².